The van der Waals surface area contributed by atoms with Crippen molar-refractivity contribution in [3.63, 3.8) is 0 Å². The lowest BCUT2D eigenvalue weighted by molar-refractivity contribution is -0.145. The first kappa shape index (κ1) is 26.5. The zero-order chi connectivity index (χ0) is 27.0. The maximum Gasteiger partial charge on any atom is 0.410 e. The van der Waals surface area contributed by atoms with Crippen molar-refractivity contribution in [2.45, 2.75) is 62.5 Å². The number of nitrogens with two attached hydrogens (primary N) is 1. The smallest absolute Gasteiger partial charge is 0.410 e. The van der Waals surface area contributed by atoms with Crippen LogP contribution in [0.25, 0.3) is 0 Å². The molecule has 5 atom stereocenters. The number of nitrogens with zero attached hydrogens (tertiary/aromatic N) is 2. The minimum atomic E-state index is -1.43. The number of fused-ring (bicyclic) bond motifs is 3. The third-order valence-corrected chi connectivity index (χ3v) is 8.08. The molecule has 38 heavy (non-hydrogen) atoms. The van der Waals surface area contributed by atoms with E-state index in [-0.39, 0.29) is 38.3 Å². The third-order valence-electron chi connectivity index (χ3n) is 7.73. The second-order valence-electron chi connectivity index (χ2n) is 10.3. The Morgan fingerprint density at radius 2 is 2.05 bits per heavy atom. The van der Waals surface area contributed by atoms with Crippen molar-refractivity contribution in [2.24, 2.45) is 11.7 Å². The summed E-state index contributed by atoms with van der Waals surface area (Å²) in [6, 6.07) is 3.54. The molecule has 3 heterocycles. The topological polar surface area (TPSA) is 152 Å². The van der Waals surface area contributed by atoms with Crippen LogP contribution in [0.2, 0.25) is 5.02 Å². The lowest BCUT2D eigenvalue weighted by Crippen LogP contribution is -2.55. The average molecular weight is 547 g/mol. The SMILES string of the molecule is N[C@H]1CCOCC/C=C\[C@@H]2C[C@@]2(C(=O)O)NC(=O)[C@@H]2C[C@@H](OC(=O)N3Cc4cccc(Cl)c4C3)CN2C1=O. The Labute approximate surface area is 224 Å². The fraction of sp³-hybridized carbons (Fsp3) is 0.538. The van der Waals surface area contributed by atoms with Crippen molar-refractivity contribution in [3.05, 3.63) is 46.5 Å². The summed E-state index contributed by atoms with van der Waals surface area (Å²) in [6.45, 7) is 1.29. The molecule has 12 heteroatoms. The van der Waals surface area contributed by atoms with E-state index in [4.69, 9.17) is 26.8 Å². The number of amides is 3. The largest absolute Gasteiger partial charge is 0.479 e. The highest BCUT2D eigenvalue weighted by Crippen LogP contribution is 2.45. The summed E-state index contributed by atoms with van der Waals surface area (Å²) in [7, 11) is 0. The highest BCUT2D eigenvalue weighted by atomic mass is 35.5. The lowest BCUT2D eigenvalue weighted by Gasteiger charge is -2.27. The molecule has 0 bridgehead atoms. The van der Waals surface area contributed by atoms with Gasteiger partial charge in [0.05, 0.1) is 25.7 Å². The van der Waals surface area contributed by atoms with Crippen molar-refractivity contribution in [1.29, 1.82) is 0 Å². The Bertz CT molecular complexity index is 1180. The molecular weight excluding hydrogens is 516 g/mol. The molecule has 1 aliphatic carbocycles. The van der Waals surface area contributed by atoms with Gasteiger partial charge in [-0.15, -0.1) is 0 Å². The van der Waals surface area contributed by atoms with Crippen LogP contribution < -0.4 is 11.1 Å². The maximum atomic E-state index is 13.4. The van der Waals surface area contributed by atoms with Crippen LogP contribution in [0.1, 0.15) is 36.8 Å². The van der Waals surface area contributed by atoms with E-state index in [1.54, 1.807) is 12.1 Å². The van der Waals surface area contributed by atoms with Crippen LogP contribution in [0.5, 0.6) is 0 Å². The zero-order valence-corrected chi connectivity index (χ0v) is 21.6. The number of rotatable bonds is 2. The summed E-state index contributed by atoms with van der Waals surface area (Å²) >= 11 is 6.26. The molecule has 2 fully saturated rings. The minimum Gasteiger partial charge on any atom is -0.479 e. The van der Waals surface area contributed by atoms with Crippen LogP contribution in [-0.4, -0.2) is 82.3 Å². The molecule has 1 aromatic rings. The number of carbonyl (C=O) groups excluding carboxylic acids is 3. The Hall–Kier alpha value is -3.15. The van der Waals surface area contributed by atoms with E-state index in [1.165, 1.54) is 9.80 Å². The molecule has 4 N–H and O–H groups in total. The molecule has 5 rings (SSSR count). The third kappa shape index (κ3) is 5.10. The second-order valence-corrected chi connectivity index (χ2v) is 10.7. The van der Waals surface area contributed by atoms with E-state index < -0.39 is 47.6 Å². The van der Waals surface area contributed by atoms with Crippen molar-refractivity contribution in [1.82, 2.24) is 15.1 Å². The Balaban J connectivity index is 1.32. The van der Waals surface area contributed by atoms with E-state index in [2.05, 4.69) is 5.32 Å². The van der Waals surface area contributed by atoms with Crippen LogP contribution in [0.4, 0.5) is 4.79 Å². The van der Waals surface area contributed by atoms with E-state index in [1.807, 2.05) is 18.2 Å². The average Bonchev–Trinajstić information content (AvgIpc) is 3.21. The summed E-state index contributed by atoms with van der Waals surface area (Å²) in [6.07, 6.45) is 3.40. The molecule has 1 saturated carbocycles. The molecule has 1 aromatic carbocycles. The number of carboxylic acid groups (broad SMARTS) is 1. The number of hydrogen-bond acceptors (Lipinski definition) is 7. The summed E-state index contributed by atoms with van der Waals surface area (Å²) in [5.41, 5.74) is 6.50. The zero-order valence-electron chi connectivity index (χ0n) is 20.8. The molecule has 0 unspecified atom stereocenters. The van der Waals surface area contributed by atoms with Crippen LogP contribution in [0.15, 0.2) is 30.4 Å². The van der Waals surface area contributed by atoms with Gasteiger partial charge in [-0.25, -0.2) is 9.59 Å². The van der Waals surface area contributed by atoms with Gasteiger partial charge in [-0.1, -0.05) is 35.9 Å². The van der Waals surface area contributed by atoms with Crippen LogP contribution in [0, 0.1) is 5.92 Å². The van der Waals surface area contributed by atoms with E-state index in [0.29, 0.717) is 31.1 Å². The molecule has 0 spiro atoms. The highest BCUT2D eigenvalue weighted by Gasteiger charge is 2.61. The van der Waals surface area contributed by atoms with Crippen LogP contribution in [0.3, 0.4) is 0 Å². The number of carboxylic acids is 1. The molecule has 1 saturated heterocycles. The number of hydrogen-bond donors (Lipinski definition) is 3. The number of halogens is 1. The normalized spacial score (nSPS) is 32.3. The van der Waals surface area contributed by atoms with Crippen molar-refractivity contribution < 1.29 is 33.8 Å². The van der Waals surface area contributed by atoms with Crippen molar-refractivity contribution in [3.8, 4) is 0 Å². The molecule has 0 aromatic heterocycles. The van der Waals surface area contributed by atoms with Crippen molar-refractivity contribution in [2.75, 3.05) is 19.8 Å². The molecule has 4 aliphatic rings. The fourth-order valence-electron chi connectivity index (χ4n) is 5.43. The van der Waals surface area contributed by atoms with Gasteiger partial charge >= 0.3 is 12.1 Å². The van der Waals surface area contributed by atoms with E-state index >= 15 is 0 Å². The van der Waals surface area contributed by atoms with Gasteiger partial charge in [0.15, 0.2) is 0 Å². The molecule has 0 radical (unpaired) electrons. The Morgan fingerprint density at radius 3 is 2.82 bits per heavy atom. The van der Waals surface area contributed by atoms with Gasteiger partial charge in [-0.3, -0.25) is 14.5 Å². The number of ether oxygens (including phenoxy) is 2. The van der Waals surface area contributed by atoms with Gasteiger partial charge in [0.2, 0.25) is 11.8 Å². The number of nitrogens with one attached hydrogen (secondary N) is 1. The van der Waals surface area contributed by atoms with E-state index in [0.717, 1.165) is 11.1 Å². The predicted octanol–water partition coefficient (Wildman–Crippen LogP) is 1.42. The first-order chi connectivity index (χ1) is 18.2. The minimum absolute atomic E-state index is 0.0256. The lowest BCUT2D eigenvalue weighted by atomic mass is 10.1. The summed E-state index contributed by atoms with van der Waals surface area (Å²) < 4.78 is 11.3. The van der Waals surface area contributed by atoms with Gasteiger partial charge in [-0.05, 0) is 36.5 Å². The molecule has 3 amide bonds. The highest BCUT2D eigenvalue weighted by molar-refractivity contribution is 6.31. The number of benzene rings is 1. The van der Waals surface area contributed by atoms with Gasteiger partial charge in [0, 0.05) is 30.5 Å². The van der Waals surface area contributed by atoms with Crippen LogP contribution >= 0.6 is 11.6 Å². The summed E-state index contributed by atoms with van der Waals surface area (Å²) in [5.74, 6) is -2.57. The van der Waals surface area contributed by atoms with Gasteiger partial charge in [0.25, 0.3) is 0 Å². The summed E-state index contributed by atoms with van der Waals surface area (Å²) in [5, 5.41) is 13.1. The monoisotopic (exact) mass is 546 g/mol. The molecular formula is C26H31ClN4O7. The number of carbonyl (C=O) groups is 4. The van der Waals surface area contributed by atoms with Gasteiger partial charge < -0.3 is 30.5 Å². The molecule has 3 aliphatic heterocycles. The first-order valence-corrected chi connectivity index (χ1v) is 13.1. The van der Waals surface area contributed by atoms with E-state index in [9.17, 15) is 24.3 Å². The van der Waals surface area contributed by atoms with Crippen molar-refractivity contribution >= 4 is 35.5 Å². The van der Waals surface area contributed by atoms with Gasteiger partial charge in [0.1, 0.15) is 17.7 Å². The Kier molecular flexibility index (Phi) is 7.34. The second kappa shape index (κ2) is 10.5. The summed E-state index contributed by atoms with van der Waals surface area (Å²) in [4.78, 5) is 54.5. The first-order valence-electron chi connectivity index (χ1n) is 12.8. The Morgan fingerprint density at radius 1 is 1.24 bits per heavy atom. The predicted molar refractivity (Wildman–Crippen MR) is 135 cm³/mol. The van der Waals surface area contributed by atoms with Gasteiger partial charge in [-0.2, -0.15) is 0 Å². The quantitative estimate of drug-likeness (QED) is 0.471. The van der Waals surface area contributed by atoms with Crippen LogP contribution in [-0.2, 0) is 36.9 Å². The maximum absolute atomic E-state index is 13.4. The molecule has 11 nitrogen and oxygen atoms in total. The standard InChI is InChI=1S/C26H31ClN4O7/c27-19-6-3-4-15-12-30(14-18(15)19)25(36)38-17-10-21-22(32)29-26(24(34)35)11-16(26)5-1-2-8-37-9-7-20(28)23(33)31(21)13-17/h1,3-6,16-17,20-21H,2,7-14,28H2,(H,29,32)(H,34,35)/b5-1-/t16-,17-,20+,21+,26-/m1/s1. The fourth-order valence-corrected chi connectivity index (χ4v) is 5.68. The molecule has 204 valence electrons. The number of aliphatic carboxylic acids is 1.